The molecule has 2 atom stereocenters. The van der Waals surface area contributed by atoms with Crippen molar-refractivity contribution in [3.8, 4) is 0 Å². The van der Waals surface area contributed by atoms with Crippen LogP contribution >= 0.6 is 0 Å². The predicted octanol–water partition coefficient (Wildman–Crippen LogP) is 1.52. The maximum atomic E-state index is 9.10. The topological polar surface area (TPSA) is 49.5 Å². The normalized spacial score (nSPS) is 22.4. The Bertz CT molecular complexity index is 334. The van der Waals surface area contributed by atoms with Gasteiger partial charge in [0.2, 0.25) is 0 Å². The van der Waals surface area contributed by atoms with Crippen molar-refractivity contribution in [3.63, 3.8) is 0 Å². The number of hydrogen-bond acceptors (Lipinski definition) is 3. The number of hydrogen-bond donors (Lipinski definition) is 2. The number of rotatable bonds is 3. The van der Waals surface area contributed by atoms with Crippen molar-refractivity contribution >= 4 is 5.69 Å². The number of aliphatic hydroxyl groups is 1. The molecule has 1 aromatic carbocycles. The van der Waals surface area contributed by atoms with Gasteiger partial charge in [-0.1, -0.05) is 12.1 Å². The van der Waals surface area contributed by atoms with E-state index in [1.54, 1.807) is 0 Å². The number of nitrogens with zero attached hydrogens (tertiary/aromatic N) is 1. The smallest absolute Gasteiger partial charge is 0.0476 e. The minimum atomic E-state index is 0.0952. The van der Waals surface area contributed by atoms with Crippen LogP contribution in [0.4, 0.5) is 5.69 Å². The van der Waals surface area contributed by atoms with E-state index >= 15 is 0 Å². The molecular formula is C13H20N2O. The summed E-state index contributed by atoms with van der Waals surface area (Å²) in [5.41, 5.74) is 8.22. The average molecular weight is 220 g/mol. The van der Waals surface area contributed by atoms with Gasteiger partial charge in [-0.2, -0.15) is 0 Å². The lowest BCUT2D eigenvalue weighted by atomic mass is 10.1. The van der Waals surface area contributed by atoms with Crippen molar-refractivity contribution < 1.29 is 5.11 Å². The fraction of sp³-hybridized carbons (Fsp3) is 0.538. The molecule has 3 N–H and O–H groups in total. The first-order chi connectivity index (χ1) is 7.70. The van der Waals surface area contributed by atoms with Crippen LogP contribution in [0.1, 0.15) is 24.9 Å². The lowest BCUT2D eigenvalue weighted by Crippen LogP contribution is -2.20. The van der Waals surface area contributed by atoms with Crippen molar-refractivity contribution in [2.75, 3.05) is 24.6 Å². The van der Waals surface area contributed by atoms with Crippen LogP contribution in [-0.2, 0) is 0 Å². The molecule has 88 valence electrons. The second-order valence-electron chi connectivity index (χ2n) is 4.66. The first kappa shape index (κ1) is 11.4. The highest BCUT2D eigenvalue weighted by molar-refractivity contribution is 5.48. The van der Waals surface area contributed by atoms with Gasteiger partial charge in [0.25, 0.3) is 0 Å². The Labute approximate surface area is 96.9 Å². The van der Waals surface area contributed by atoms with E-state index in [1.807, 2.05) is 6.92 Å². The Morgan fingerprint density at radius 3 is 2.62 bits per heavy atom. The largest absolute Gasteiger partial charge is 0.396 e. The van der Waals surface area contributed by atoms with E-state index in [9.17, 15) is 0 Å². The molecule has 3 heteroatoms. The molecule has 0 aliphatic carbocycles. The Morgan fingerprint density at radius 2 is 2.12 bits per heavy atom. The second kappa shape index (κ2) is 4.85. The third-order valence-corrected chi connectivity index (χ3v) is 3.33. The van der Waals surface area contributed by atoms with Crippen LogP contribution in [0.15, 0.2) is 24.3 Å². The van der Waals surface area contributed by atoms with Crippen LogP contribution in [0.2, 0.25) is 0 Å². The fourth-order valence-corrected chi connectivity index (χ4v) is 2.20. The summed E-state index contributed by atoms with van der Waals surface area (Å²) in [5, 5.41) is 9.10. The Hall–Kier alpha value is -1.06. The van der Waals surface area contributed by atoms with Crippen molar-refractivity contribution in [1.29, 1.82) is 0 Å². The van der Waals surface area contributed by atoms with E-state index in [0.717, 1.165) is 19.5 Å². The van der Waals surface area contributed by atoms with Gasteiger partial charge in [0.05, 0.1) is 0 Å². The molecule has 1 aliphatic heterocycles. The zero-order valence-corrected chi connectivity index (χ0v) is 9.76. The van der Waals surface area contributed by atoms with Crippen LogP contribution < -0.4 is 10.6 Å². The minimum Gasteiger partial charge on any atom is -0.396 e. The highest BCUT2D eigenvalue weighted by Crippen LogP contribution is 2.24. The van der Waals surface area contributed by atoms with E-state index in [2.05, 4.69) is 29.2 Å². The molecule has 1 aliphatic rings. The molecule has 3 nitrogen and oxygen atoms in total. The molecule has 0 amide bonds. The summed E-state index contributed by atoms with van der Waals surface area (Å²) in [4.78, 5) is 2.33. The van der Waals surface area contributed by atoms with Gasteiger partial charge in [0, 0.05) is 37.3 Å². The summed E-state index contributed by atoms with van der Waals surface area (Å²) < 4.78 is 0. The van der Waals surface area contributed by atoms with E-state index in [-0.39, 0.29) is 6.04 Å². The maximum Gasteiger partial charge on any atom is 0.0476 e. The Kier molecular flexibility index (Phi) is 3.46. The molecule has 2 rings (SSSR count). The van der Waals surface area contributed by atoms with Gasteiger partial charge < -0.3 is 15.7 Å². The molecule has 1 saturated heterocycles. The molecular weight excluding hydrogens is 200 g/mol. The van der Waals surface area contributed by atoms with Crippen molar-refractivity contribution in [2.45, 2.75) is 19.4 Å². The van der Waals surface area contributed by atoms with Gasteiger partial charge in [-0.15, -0.1) is 0 Å². The van der Waals surface area contributed by atoms with Gasteiger partial charge in [-0.25, -0.2) is 0 Å². The van der Waals surface area contributed by atoms with Crippen molar-refractivity contribution in [2.24, 2.45) is 11.7 Å². The molecule has 1 unspecified atom stereocenters. The molecule has 0 saturated carbocycles. The summed E-state index contributed by atoms with van der Waals surface area (Å²) in [5.74, 6) is 0.438. The first-order valence-electron chi connectivity index (χ1n) is 5.92. The van der Waals surface area contributed by atoms with Crippen molar-refractivity contribution in [3.05, 3.63) is 29.8 Å². The molecule has 1 fully saturated rings. The van der Waals surface area contributed by atoms with Gasteiger partial charge in [0.15, 0.2) is 0 Å². The third kappa shape index (κ3) is 2.36. The van der Waals surface area contributed by atoms with Crippen molar-refractivity contribution in [1.82, 2.24) is 0 Å². The lowest BCUT2D eigenvalue weighted by molar-refractivity contribution is 0.238. The SMILES string of the molecule is C[C@H](N)c1ccc(N2CCC(CO)C2)cc1. The summed E-state index contributed by atoms with van der Waals surface area (Å²) in [7, 11) is 0. The van der Waals surface area contributed by atoms with Gasteiger partial charge in [0.1, 0.15) is 0 Å². The predicted molar refractivity (Wildman–Crippen MR) is 66.5 cm³/mol. The summed E-state index contributed by atoms with van der Waals surface area (Å²) in [6.07, 6.45) is 1.09. The highest BCUT2D eigenvalue weighted by Gasteiger charge is 2.21. The van der Waals surface area contributed by atoms with Crippen LogP contribution in [0.5, 0.6) is 0 Å². The molecule has 16 heavy (non-hydrogen) atoms. The van der Waals surface area contributed by atoms with Gasteiger partial charge in [-0.05, 0) is 31.0 Å². The quantitative estimate of drug-likeness (QED) is 0.812. The molecule has 0 bridgehead atoms. The number of aliphatic hydroxyl groups excluding tert-OH is 1. The standard InChI is InChI=1S/C13H20N2O/c1-10(14)12-2-4-13(5-3-12)15-7-6-11(8-15)9-16/h2-5,10-11,16H,6-9,14H2,1H3/t10-,11?/m0/s1. The van der Waals surface area contributed by atoms with E-state index in [4.69, 9.17) is 10.8 Å². The third-order valence-electron chi connectivity index (χ3n) is 3.33. The monoisotopic (exact) mass is 220 g/mol. The van der Waals surface area contributed by atoms with Gasteiger partial charge in [-0.3, -0.25) is 0 Å². The summed E-state index contributed by atoms with van der Waals surface area (Å²) >= 11 is 0. The summed E-state index contributed by atoms with van der Waals surface area (Å²) in [6.45, 7) is 4.30. The molecule has 0 spiro atoms. The zero-order valence-electron chi connectivity index (χ0n) is 9.76. The first-order valence-corrected chi connectivity index (χ1v) is 5.92. The Balaban J connectivity index is 2.05. The second-order valence-corrected chi connectivity index (χ2v) is 4.66. The van der Waals surface area contributed by atoms with Crippen LogP contribution in [0, 0.1) is 5.92 Å². The number of benzene rings is 1. The Morgan fingerprint density at radius 1 is 1.44 bits per heavy atom. The molecule has 1 heterocycles. The zero-order chi connectivity index (χ0) is 11.5. The highest BCUT2D eigenvalue weighted by atomic mass is 16.3. The van der Waals surface area contributed by atoms with Gasteiger partial charge >= 0.3 is 0 Å². The fourth-order valence-electron chi connectivity index (χ4n) is 2.20. The molecule has 0 radical (unpaired) electrons. The molecule has 0 aromatic heterocycles. The average Bonchev–Trinajstić information content (AvgIpc) is 2.77. The molecule has 1 aromatic rings. The maximum absolute atomic E-state index is 9.10. The lowest BCUT2D eigenvalue weighted by Gasteiger charge is -2.19. The van der Waals surface area contributed by atoms with E-state index in [0.29, 0.717) is 12.5 Å². The summed E-state index contributed by atoms with van der Waals surface area (Å²) in [6, 6.07) is 8.52. The van der Waals surface area contributed by atoms with Crippen LogP contribution in [0.3, 0.4) is 0 Å². The van der Waals surface area contributed by atoms with Crippen LogP contribution in [0.25, 0.3) is 0 Å². The van der Waals surface area contributed by atoms with E-state index < -0.39 is 0 Å². The van der Waals surface area contributed by atoms with Crippen LogP contribution in [-0.4, -0.2) is 24.8 Å². The number of anilines is 1. The minimum absolute atomic E-state index is 0.0952. The number of nitrogens with two attached hydrogens (primary N) is 1. The van der Waals surface area contributed by atoms with E-state index in [1.165, 1.54) is 11.3 Å².